The number of carbonyl (C=O) groups excluding carboxylic acids is 2. The standard InChI is InChI=1S/C22H27N3O3/c1-25(2)21(26)17-10-6-11-18(14-17)23-22(27)24-19-12-7-13-20(19)28-15-16-8-4-3-5-9-16/h3-6,8-11,14,19-20H,7,12-13,15H2,1-2H3,(H2,23,24,27). The second-order valence-electron chi connectivity index (χ2n) is 7.25. The Morgan fingerprint density at radius 1 is 1.07 bits per heavy atom. The molecule has 6 heteroatoms. The van der Waals surface area contributed by atoms with Gasteiger partial charge in [0.15, 0.2) is 0 Å². The molecule has 1 fully saturated rings. The van der Waals surface area contributed by atoms with Gasteiger partial charge in [-0.1, -0.05) is 36.4 Å². The molecule has 2 atom stereocenters. The molecule has 0 aromatic heterocycles. The lowest BCUT2D eigenvalue weighted by Gasteiger charge is -2.22. The quantitative estimate of drug-likeness (QED) is 0.802. The number of rotatable bonds is 6. The molecule has 2 aromatic rings. The zero-order chi connectivity index (χ0) is 19.9. The topological polar surface area (TPSA) is 70.7 Å². The minimum atomic E-state index is -0.283. The van der Waals surface area contributed by atoms with Crippen LogP contribution in [-0.4, -0.2) is 43.1 Å². The molecule has 0 spiro atoms. The zero-order valence-electron chi connectivity index (χ0n) is 16.4. The summed E-state index contributed by atoms with van der Waals surface area (Å²) in [6, 6.07) is 16.7. The van der Waals surface area contributed by atoms with E-state index in [-0.39, 0.29) is 24.1 Å². The average Bonchev–Trinajstić information content (AvgIpc) is 3.13. The van der Waals surface area contributed by atoms with E-state index in [0.717, 1.165) is 24.8 Å². The molecule has 2 unspecified atom stereocenters. The summed E-state index contributed by atoms with van der Waals surface area (Å²) in [7, 11) is 3.40. The van der Waals surface area contributed by atoms with E-state index in [4.69, 9.17) is 4.74 Å². The lowest BCUT2D eigenvalue weighted by atomic mass is 10.2. The van der Waals surface area contributed by atoms with Crippen molar-refractivity contribution < 1.29 is 14.3 Å². The first kappa shape index (κ1) is 19.9. The monoisotopic (exact) mass is 381 g/mol. The highest BCUT2D eigenvalue weighted by molar-refractivity contribution is 5.96. The summed E-state index contributed by atoms with van der Waals surface area (Å²) in [5, 5.41) is 5.84. The first-order valence-electron chi connectivity index (χ1n) is 9.57. The number of carbonyl (C=O) groups is 2. The normalized spacial score (nSPS) is 18.5. The highest BCUT2D eigenvalue weighted by Gasteiger charge is 2.29. The Kier molecular flexibility index (Phi) is 6.66. The van der Waals surface area contributed by atoms with Gasteiger partial charge in [-0.3, -0.25) is 4.79 Å². The summed E-state index contributed by atoms with van der Waals surface area (Å²) in [6.07, 6.45) is 2.86. The van der Waals surface area contributed by atoms with Crippen molar-refractivity contribution in [2.75, 3.05) is 19.4 Å². The van der Waals surface area contributed by atoms with Crippen LogP contribution in [0.15, 0.2) is 54.6 Å². The average molecular weight is 381 g/mol. The number of nitrogens with zero attached hydrogens (tertiary/aromatic N) is 1. The van der Waals surface area contributed by atoms with Crippen molar-refractivity contribution in [1.29, 1.82) is 0 Å². The SMILES string of the molecule is CN(C)C(=O)c1cccc(NC(=O)NC2CCCC2OCc2ccccc2)c1. The Hall–Kier alpha value is -2.86. The third-order valence-electron chi connectivity index (χ3n) is 4.85. The third kappa shape index (κ3) is 5.33. The number of benzene rings is 2. The molecule has 28 heavy (non-hydrogen) atoms. The van der Waals surface area contributed by atoms with Crippen LogP contribution in [-0.2, 0) is 11.3 Å². The van der Waals surface area contributed by atoms with Crippen molar-refractivity contribution >= 4 is 17.6 Å². The van der Waals surface area contributed by atoms with Crippen LogP contribution in [0.1, 0.15) is 35.2 Å². The molecule has 1 saturated carbocycles. The molecule has 148 valence electrons. The van der Waals surface area contributed by atoms with Gasteiger partial charge in [0.25, 0.3) is 5.91 Å². The van der Waals surface area contributed by atoms with E-state index in [1.165, 1.54) is 4.90 Å². The van der Waals surface area contributed by atoms with Gasteiger partial charge in [-0.2, -0.15) is 0 Å². The van der Waals surface area contributed by atoms with Crippen LogP contribution < -0.4 is 10.6 Å². The molecule has 3 amide bonds. The Morgan fingerprint density at radius 3 is 2.61 bits per heavy atom. The molecule has 2 aromatic carbocycles. The van der Waals surface area contributed by atoms with E-state index < -0.39 is 0 Å². The van der Waals surface area contributed by atoms with Crippen molar-refractivity contribution in [2.24, 2.45) is 0 Å². The van der Waals surface area contributed by atoms with E-state index in [1.807, 2.05) is 30.3 Å². The van der Waals surface area contributed by atoms with E-state index >= 15 is 0 Å². The summed E-state index contributed by atoms with van der Waals surface area (Å²) in [5.41, 5.74) is 2.25. The van der Waals surface area contributed by atoms with Crippen molar-refractivity contribution in [2.45, 2.75) is 38.0 Å². The van der Waals surface area contributed by atoms with Gasteiger partial charge in [0.2, 0.25) is 0 Å². The van der Waals surface area contributed by atoms with Crippen LogP contribution in [0.25, 0.3) is 0 Å². The van der Waals surface area contributed by atoms with Crippen molar-refractivity contribution in [3.8, 4) is 0 Å². The number of urea groups is 1. The van der Waals surface area contributed by atoms with Gasteiger partial charge in [-0.05, 0) is 43.0 Å². The summed E-state index contributed by atoms with van der Waals surface area (Å²) in [4.78, 5) is 26.0. The van der Waals surface area contributed by atoms with Gasteiger partial charge in [0.05, 0.1) is 18.8 Å². The van der Waals surface area contributed by atoms with Crippen molar-refractivity contribution in [1.82, 2.24) is 10.2 Å². The summed E-state index contributed by atoms with van der Waals surface area (Å²) in [6.45, 7) is 0.542. The number of hydrogen-bond donors (Lipinski definition) is 2. The van der Waals surface area contributed by atoms with Gasteiger partial charge < -0.3 is 20.3 Å². The Labute approximate surface area is 165 Å². The molecule has 2 N–H and O–H groups in total. The van der Waals surface area contributed by atoms with Crippen LogP contribution in [0.4, 0.5) is 10.5 Å². The molecule has 3 rings (SSSR count). The molecule has 0 bridgehead atoms. The van der Waals surface area contributed by atoms with E-state index in [2.05, 4.69) is 10.6 Å². The molecule has 0 aliphatic heterocycles. The van der Waals surface area contributed by atoms with Crippen LogP contribution >= 0.6 is 0 Å². The first-order valence-corrected chi connectivity index (χ1v) is 9.57. The van der Waals surface area contributed by atoms with Crippen LogP contribution in [0.5, 0.6) is 0 Å². The number of anilines is 1. The molecule has 1 aliphatic rings. The lowest BCUT2D eigenvalue weighted by Crippen LogP contribution is -2.43. The number of ether oxygens (including phenoxy) is 1. The maximum Gasteiger partial charge on any atom is 0.319 e. The lowest BCUT2D eigenvalue weighted by molar-refractivity contribution is 0.0305. The second kappa shape index (κ2) is 9.37. The van der Waals surface area contributed by atoms with Crippen LogP contribution in [0, 0.1) is 0 Å². The first-order chi connectivity index (χ1) is 13.5. The number of amides is 3. The van der Waals surface area contributed by atoms with Gasteiger partial charge in [0, 0.05) is 25.3 Å². The van der Waals surface area contributed by atoms with Gasteiger partial charge >= 0.3 is 6.03 Å². The fourth-order valence-corrected chi connectivity index (χ4v) is 3.39. The molecule has 0 radical (unpaired) electrons. The van der Waals surface area contributed by atoms with E-state index in [0.29, 0.717) is 17.9 Å². The van der Waals surface area contributed by atoms with Gasteiger partial charge in [0.1, 0.15) is 0 Å². The van der Waals surface area contributed by atoms with Crippen molar-refractivity contribution in [3.05, 3.63) is 65.7 Å². The van der Waals surface area contributed by atoms with Crippen LogP contribution in [0.3, 0.4) is 0 Å². The minimum Gasteiger partial charge on any atom is -0.371 e. The van der Waals surface area contributed by atoms with Crippen LogP contribution in [0.2, 0.25) is 0 Å². The molecule has 6 nitrogen and oxygen atoms in total. The van der Waals surface area contributed by atoms with E-state index in [1.54, 1.807) is 38.4 Å². The highest BCUT2D eigenvalue weighted by atomic mass is 16.5. The Morgan fingerprint density at radius 2 is 1.86 bits per heavy atom. The fourth-order valence-electron chi connectivity index (χ4n) is 3.39. The fraction of sp³-hybridized carbons (Fsp3) is 0.364. The highest BCUT2D eigenvalue weighted by Crippen LogP contribution is 2.23. The Bertz CT molecular complexity index is 808. The third-order valence-corrected chi connectivity index (χ3v) is 4.85. The second-order valence-corrected chi connectivity index (χ2v) is 7.25. The smallest absolute Gasteiger partial charge is 0.319 e. The molecular formula is C22H27N3O3. The molecular weight excluding hydrogens is 354 g/mol. The largest absolute Gasteiger partial charge is 0.371 e. The minimum absolute atomic E-state index is 0.00705. The molecule has 1 aliphatic carbocycles. The summed E-state index contributed by atoms with van der Waals surface area (Å²) >= 11 is 0. The molecule has 0 saturated heterocycles. The van der Waals surface area contributed by atoms with Gasteiger partial charge in [-0.15, -0.1) is 0 Å². The summed E-state index contributed by atoms with van der Waals surface area (Å²) < 4.78 is 6.04. The maximum absolute atomic E-state index is 12.4. The molecule has 0 heterocycles. The predicted octanol–water partition coefficient (Wildman–Crippen LogP) is 3.65. The number of nitrogens with one attached hydrogen (secondary N) is 2. The maximum atomic E-state index is 12.4. The van der Waals surface area contributed by atoms with Crippen molar-refractivity contribution in [3.63, 3.8) is 0 Å². The summed E-state index contributed by atoms with van der Waals surface area (Å²) in [5.74, 6) is -0.103. The Balaban J connectivity index is 1.54. The zero-order valence-corrected chi connectivity index (χ0v) is 16.4. The van der Waals surface area contributed by atoms with E-state index in [9.17, 15) is 9.59 Å². The van der Waals surface area contributed by atoms with Gasteiger partial charge in [-0.25, -0.2) is 4.79 Å². The predicted molar refractivity (Wildman–Crippen MR) is 109 cm³/mol. The number of hydrogen-bond acceptors (Lipinski definition) is 3.